The lowest BCUT2D eigenvalue weighted by atomic mass is 10.0. The van der Waals surface area contributed by atoms with E-state index in [-0.39, 0.29) is 0 Å². The van der Waals surface area contributed by atoms with Crippen molar-refractivity contribution in [2.75, 3.05) is 0 Å². The molecule has 0 saturated heterocycles. The zero-order chi connectivity index (χ0) is 26.2. The number of hydrogen-bond donors (Lipinski definition) is 0. The van der Waals surface area contributed by atoms with Gasteiger partial charge in [0.05, 0.1) is 27.6 Å². The average molecular weight is 511 g/mol. The summed E-state index contributed by atoms with van der Waals surface area (Å²) >= 11 is 0. The summed E-state index contributed by atoms with van der Waals surface area (Å²) in [5.41, 5.74) is 10.1. The zero-order valence-corrected chi connectivity index (χ0v) is 21.5. The zero-order valence-electron chi connectivity index (χ0n) is 21.5. The lowest BCUT2D eigenvalue weighted by Gasteiger charge is -2.12. The van der Waals surface area contributed by atoms with E-state index >= 15 is 0 Å². The van der Waals surface area contributed by atoms with Gasteiger partial charge in [0.25, 0.3) is 0 Å². The number of pyridine rings is 2. The molecule has 0 bridgehead atoms. The summed E-state index contributed by atoms with van der Waals surface area (Å²) in [6, 6.07) is 43.3. The Labute approximate surface area is 229 Å². The highest BCUT2D eigenvalue weighted by Crippen LogP contribution is 2.42. The van der Waals surface area contributed by atoms with Crippen LogP contribution in [0.5, 0.6) is 0 Å². The average Bonchev–Trinajstić information content (AvgIpc) is 3.58. The Morgan fingerprint density at radius 3 is 2.10 bits per heavy atom. The summed E-state index contributed by atoms with van der Waals surface area (Å²) in [6.07, 6.45) is 3.69. The Morgan fingerprint density at radius 2 is 1.23 bits per heavy atom. The minimum Gasteiger partial charge on any atom is -0.309 e. The van der Waals surface area contributed by atoms with E-state index in [0.29, 0.717) is 0 Å². The highest BCUT2D eigenvalue weighted by Gasteiger charge is 2.20. The minimum atomic E-state index is 0.994. The molecule has 0 radical (unpaired) electrons. The molecule has 9 rings (SSSR count). The van der Waals surface area contributed by atoms with E-state index in [1.165, 1.54) is 49.0 Å². The molecule has 0 aliphatic carbocycles. The molecule has 0 atom stereocenters. The molecule has 4 aromatic heterocycles. The van der Waals surface area contributed by atoms with Gasteiger partial charge in [0.1, 0.15) is 5.65 Å². The van der Waals surface area contributed by atoms with Crippen molar-refractivity contribution in [2.24, 2.45) is 0 Å². The van der Waals surface area contributed by atoms with Gasteiger partial charge in [-0.05, 0) is 71.1 Å². The van der Waals surface area contributed by atoms with Gasteiger partial charge >= 0.3 is 0 Å². The van der Waals surface area contributed by atoms with Crippen molar-refractivity contribution >= 4 is 60.2 Å². The van der Waals surface area contributed by atoms with Crippen molar-refractivity contribution in [2.45, 2.75) is 0 Å². The molecule has 0 aliphatic heterocycles. The maximum Gasteiger partial charge on any atom is 0.147 e. The molecule has 0 unspecified atom stereocenters. The van der Waals surface area contributed by atoms with Crippen LogP contribution in [0, 0.1) is 0 Å². The first kappa shape index (κ1) is 21.5. The highest BCUT2D eigenvalue weighted by atomic mass is 15.0. The fraction of sp³-hybridized carbons (Fsp3) is 0. The maximum absolute atomic E-state index is 5.23. The number of nitrogens with zero attached hydrogens (tertiary/aromatic N) is 4. The van der Waals surface area contributed by atoms with E-state index in [1.54, 1.807) is 0 Å². The molecule has 4 nitrogen and oxygen atoms in total. The van der Waals surface area contributed by atoms with Crippen molar-refractivity contribution < 1.29 is 0 Å². The summed E-state index contributed by atoms with van der Waals surface area (Å²) in [7, 11) is 0. The normalized spacial score (nSPS) is 12.0. The van der Waals surface area contributed by atoms with Crippen LogP contribution in [0.15, 0.2) is 134 Å². The summed E-state index contributed by atoms with van der Waals surface area (Å²) in [6.45, 7) is 0. The third-order valence-electron chi connectivity index (χ3n) is 8.18. The number of hydrogen-bond acceptors (Lipinski definition) is 2. The van der Waals surface area contributed by atoms with E-state index in [0.717, 1.165) is 27.9 Å². The molecule has 0 spiro atoms. The van der Waals surface area contributed by atoms with Crippen LogP contribution in [0.25, 0.3) is 77.0 Å². The smallest absolute Gasteiger partial charge is 0.147 e. The van der Waals surface area contributed by atoms with Crippen LogP contribution in [0.3, 0.4) is 0 Å². The van der Waals surface area contributed by atoms with E-state index < -0.39 is 0 Å². The van der Waals surface area contributed by atoms with Crippen LogP contribution in [-0.2, 0) is 0 Å². The van der Waals surface area contributed by atoms with Gasteiger partial charge in [-0.2, -0.15) is 0 Å². The van der Waals surface area contributed by atoms with Crippen LogP contribution < -0.4 is 0 Å². The predicted octanol–water partition coefficient (Wildman–Crippen LogP) is 8.95. The second kappa shape index (κ2) is 8.01. The van der Waals surface area contributed by atoms with Gasteiger partial charge in [-0.3, -0.25) is 9.38 Å². The molecule has 0 amide bonds. The van der Waals surface area contributed by atoms with Crippen LogP contribution in [-0.4, -0.2) is 18.9 Å². The van der Waals surface area contributed by atoms with Gasteiger partial charge in [0, 0.05) is 39.6 Å². The van der Waals surface area contributed by atoms with Crippen molar-refractivity contribution in [1.29, 1.82) is 0 Å². The standard InChI is InChI=1S/C36H22N4/c1-4-13-30-26(10-1)27-16-17-33-34(35(27)36-38-29-12-3-6-15-32(29)40(30)36)28-11-2-5-14-31(28)39(33)25-9-7-8-24(22-25)23-18-20-37-21-19-23/h1-22H. The molecule has 5 aromatic carbocycles. The lowest BCUT2D eigenvalue weighted by molar-refractivity contribution is 1.18. The summed E-state index contributed by atoms with van der Waals surface area (Å²) in [5.74, 6) is 0. The number of benzene rings is 5. The summed E-state index contributed by atoms with van der Waals surface area (Å²) in [4.78, 5) is 9.44. The van der Waals surface area contributed by atoms with Gasteiger partial charge in [-0.25, -0.2) is 4.98 Å². The topological polar surface area (TPSA) is 35.1 Å². The summed E-state index contributed by atoms with van der Waals surface area (Å²) in [5, 5.41) is 6.09. The molecule has 0 fully saturated rings. The Kier molecular flexibility index (Phi) is 4.30. The van der Waals surface area contributed by atoms with Crippen LogP contribution in [0.4, 0.5) is 0 Å². The summed E-state index contributed by atoms with van der Waals surface area (Å²) < 4.78 is 4.73. The van der Waals surface area contributed by atoms with Crippen LogP contribution in [0.2, 0.25) is 0 Å². The fourth-order valence-electron chi connectivity index (χ4n) is 6.50. The van der Waals surface area contributed by atoms with Crippen molar-refractivity contribution in [1.82, 2.24) is 18.9 Å². The van der Waals surface area contributed by atoms with Gasteiger partial charge in [0.2, 0.25) is 0 Å². The fourth-order valence-corrected chi connectivity index (χ4v) is 6.50. The lowest BCUT2D eigenvalue weighted by Crippen LogP contribution is -1.95. The predicted molar refractivity (Wildman–Crippen MR) is 165 cm³/mol. The highest BCUT2D eigenvalue weighted by molar-refractivity contribution is 6.29. The van der Waals surface area contributed by atoms with E-state index in [4.69, 9.17) is 4.98 Å². The van der Waals surface area contributed by atoms with Crippen molar-refractivity contribution in [3.8, 4) is 16.8 Å². The Balaban J connectivity index is 1.49. The number of fused-ring (bicyclic) bond motifs is 12. The molecular weight excluding hydrogens is 488 g/mol. The Morgan fingerprint density at radius 1 is 0.475 bits per heavy atom. The first-order valence-electron chi connectivity index (χ1n) is 13.5. The third kappa shape index (κ3) is 2.85. The van der Waals surface area contributed by atoms with Gasteiger partial charge in [0.15, 0.2) is 0 Å². The SMILES string of the molecule is c1cc(-c2ccncc2)cc(-n2c3ccccc3c3c4c(ccc32)c2ccccc2n2c3ccccc3nc42)c1. The third-order valence-corrected chi connectivity index (χ3v) is 8.18. The Hall–Kier alpha value is -5.48. The largest absolute Gasteiger partial charge is 0.309 e. The Bertz CT molecular complexity index is 2430. The molecular formula is C36H22N4. The molecule has 9 aromatic rings. The minimum absolute atomic E-state index is 0.994. The molecule has 0 aliphatic rings. The van der Waals surface area contributed by atoms with E-state index in [1.807, 2.05) is 12.4 Å². The maximum atomic E-state index is 5.23. The quantitative estimate of drug-likeness (QED) is 0.218. The first-order valence-corrected chi connectivity index (χ1v) is 13.5. The van der Waals surface area contributed by atoms with Gasteiger partial charge in [-0.1, -0.05) is 66.7 Å². The number of imidazole rings is 1. The molecule has 4 heteroatoms. The number of para-hydroxylation sites is 4. The second-order valence-electron chi connectivity index (χ2n) is 10.3. The van der Waals surface area contributed by atoms with Crippen LogP contribution >= 0.6 is 0 Å². The second-order valence-corrected chi connectivity index (χ2v) is 10.3. The number of aromatic nitrogens is 4. The van der Waals surface area contributed by atoms with Gasteiger partial charge in [-0.15, -0.1) is 0 Å². The molecule has 40 heavy (non-hydrogen) atoms. The first-order chi connectivity index (χ1) is 19.9. The van der Waals surface area contributed by atoms with E-state index in [9.17, 15) is 0 Å². The van der Waals surface area contributed by atoms with E-state index in [2.05, 4.69) is 135 Å². The monoisotopic (exact) mass is 510 g/mol. The number of rotatable bonds is 2. The molecule has 0 N–H and O–H groups in total. The van der Waals surface area contributed by atoms with Gasteiger partial charge < -0.3 is 4.57 Å². The molecule has 0 saturated carbocycles. The van der Waals surface area contributed by atoms with Crippen molar-refractivity contribution in [3.63, 3.8) is 0 Å². The van der Waals surface area contributed by atoms with Crippen molar-refractivity contribution in [3.05, 3.63) is 134 Å². The molecule has 4 heterocycles. The van der Waals surface area contributed by atoms with Crippen LogP contribution in [0.1, 0.15) is 0 Å². The molecule has 186 valence electrons.